The second kappa shape index (κ2) is 8.36. The summed E-state index contributed by atoms with van der Waals surface area (Å²) < 4.78 is 16.7. The Balaban J connectivity index is 2.26. The molecule has 0 heterocycles. The lowest BCUT2D eigenvalue weighted by molar-refractivity contribution is 0.174. The summed E-state index contributed by atoms with van der Waals surface area (Å²) in [5.74, 6) is 0.254. The van der Waals surface area contributed by atoms with Crippen LogP contribution in [0.2, 0.25) is 0 Å². The lowest BCUT2D eigenvalue weighted by Crippen LogP contribution is -2.32. The first-order valence-electron chi connectivity index (χ1n) is 5.55. The van der Waals surface area contributed by atoms with Crippen molar-refractivity contribution >= 4 is 10.8 Å². The van der Waals surface area contributed by atoms with Gasteiger partial charge in [0.05, 0.1) is 29.3 Å². The summed E-state index contributed by atoms with van der Waals surface area (Å²) in [5, 5.41) is 12.7. The van der Waals surface area contributed by atoms with Crippen molar-refractivity contribution in [1.29, 1.82) is 0 Å². The van der Waals surface area contributed by atoms with E-state index in [1.807, 2.05) is 18.2 Å². The number of methoxy groups -OCH3 is 1. The molecule has 1 aromatic carbocycles. The SMILES string of the molecule is COCCNCC(O)CS(=O)c1ccccc1. The first-order chi connectivity index (χ1) is 8.24. The summed E-state index contributed by atoms with van der Waals surface area (Å²) in [6.07, 6.45) is -0.604. The maximum absolute atomic E-state index is 11.8. The Hall–Kier alpha value is -0.750. The molecule has 1 aromatic rings. The van der Waals surface area contributed by atoms with Crippen LogP contribution in [0.15, 0.2) is 35.2 Å². The van der Waals surface area contributed by atoms with E-state index in [-0.39, 0.29) is 5.75 Å². The molecule has 96 valence electrons. The quantitative estimate of drug-likeness (QED) is 0.662. The number of hydrogen-bond acceptors (Lipinski definition) is 4. The molecule has 1 rings (SSSR count). The van der Waals surface area contributed by atoms with E-state index in [1.54, 1.807) is 19.2 Å². The van der Waals surface area contributed by atoms with Crippen LogP contribution >= 0.6 is 0 Å². The van der Waals surface area contributed by atoms with E-state index in [9.17, 15) is 9.32 Å². The van der Waals surface area contributed by atoms with Crippen LogP contribution < -0.4 is 5.32 Å². The van der Waals surface area contributed by atoms with Crippen LogP contribution in [0.5, 0.6) is 0 Å². The van der Waals surface area contributed by atoms with Gasteiger partial charge in [-0.1, -0.05) is 18.2 Å². The lowest BCUT2D eigenvalue weighted by Gasteiger charge is -2.11. The zero-order valence-corrected chi connectivity index (χ0v) is 10.8. The third-order valence-corrected chi connectivity index (χ3v) is 3.70. The summed E-state index contributed by atoms with van der Waals surface area (Å²) in [6.45, 7) is 1.72. The van der Waals surface area contributed by atoms with Gasteiger partial charge in [-0.15, -0.1) is 0 Å². The highest BCUT2D eigenvalue weighted by Gasteiger charge is 2.10. The van der Waals surface area contributed by atoms with Gasteiger partial charge in [0, 0.05) is 25.1 Å². The summed E-state index contributed by atoms with van der Waals surface area (Å²) in [4.78, 5) is 0.753. The summed E-state index contributed by atoms with van der Waals surface area (Å²) in [5.41, 5.74) is 0. The average molecular weight is 257 g/mol. The number of benzene rings is 1. The van der Waals surface area contributed by atoms with Gasteiger partial charge >= 0.3 is 0 Å². The number of aliphatic hydroxyl groups excluding tert-OH is 1. The Kier molecular flexibility index (Phi) is 7.04. The molecule has 2 atom stereocenters. The number of nitrogens with one attached hydrogen (secondary N) is 1. The first kappa shape index (κ1) is 14.3. The molecule has 0 aliphatic rings. The molecule has 0 saturated heterocycles. The number of rotatable bonds is 8. The maximum atomic E-state index is 11.8. The predicted octanol–water partition coefficient (Wildman–Crippen LogP) is 0.391. The van der Waals surface area contributed by atoms with Crippen LogP contribution in [0.1, 0.15) is 0 Å². The molecule has 0 aromatic heterocycles. The highest BCUT2D eigenvalue weighted by molar-refractivity contribution is 7.85. The van der Waals surface area contributed by atoms with Crippen molar-refractivity contribution in [2.24, 2.45) is 0 Å². The minimum Gasteiger partial charge on any atom is -0.391 e. The molecular weight excluding hydrogens is 238 g/mol. The van der Waals surface area contributed by atoms with E-state index in [0.717, 1.165) is 4.90 Å². The average Bonchev–Trinajstić information content (AvgIpc) is 2.36. The number of hydrogen-bond donors (Lipinski definition) is 2. The molecule has 0 bridgehead atoms. The van der Waals surface area contributed by atoms with Gasteiger partial charge in [-0.2, -0.15) is 0 Å². The van der Waals surface area contributed by atoms with Crippen molar-refractivity contribution in [1.82, 2.24) is 5.32 Å². The number of ether oxygens (including phenoxy) is 1. The van der Waals surface area contributed by atoms with Gasteiger partial charge in [0.25, 0.3) is 0 Å². The summed E-state index contributed by atoms with van der Waals surface area (Å²) in [7, 11) is 0.486. The third-order valence-electron chi connectivity index (χ3n) is 2.21. The fourth-order valence-corrected chi connectivity index (χ4v) is 2.47. The van der Waals surface area contributed by atoms with Crippen LogP contribution in [0.25, 0.3) is 0 Å². The number of aliphatic hydroxyl groups is 1. The van der Waals surface area contributed by atoms with Crippen molar-refractivity contribution in [2.75, 3.05) is 32.6 Å². The third kappa shape index (κ3) is 5.93. The Bertz CT molecular complexity index is 332. The highest BCUT2D eigenvalue weighted by atomic mass is 32.2. The molecule has 5 heteroatoms. The summed E-state index contributed by atoms with van der Waals surface area (Å²) >= 11 is 0. The van der Waals surface area contributed by atoms with Crippen molar-refractivity contribution in [2.45, 2.75) is 11.0 Å². The molecule has 4 nitrogen and oxygen atoms in total. The van der Waals surface area contributed by atoms with E-state index in [0.29, 0.717) is 19.7 Å². The Morgan fingerprint density at radius 3 is 2.76 bits per heavy atom. The van der Waals surface area contributed by atoms with Crippen molar-refractivity contribution in [3.8, 4) is 0 Å². The second-order valence-electron chi connectivity index (χ2n) is 3.68. The topological polar surface area (TPSA) is 58.6 Å². The zero-order valence-electron chi connectivity index (χ0n) is 9.96. The van der Waals surface area contributed by atoms with E-state index in [4.69, 9.17) is 4.74 Å². The van der Waals surface area contributed by atoms with E-state index in [1.165, 1.54) is 0 Å². The van der Waals surface area contributed by atoms with Gasteiger partial charge in [0.2, 0.25) is 0 Å². The second-order valence-corrected chi connectivity index (χ2v) is 5.17. The lowest BCUT2D eigenvalue weighted by atomic mass is 10.4. The van der Waals surface area contributed by atoms with Gasteiger partial charge in [-0.3, -0.25) is 4.21 Å². The molecule has 0 radical (unpaired) electrons. The van der Waals surface area contributed by atoms with Crippen molar-refractivity contribution in [3.05, 3.63) is 30.3 Å². The Labute approximate surface area is 104 Å². The standard InChI is InChI=1S/C12H19NO3S/c1-16-8-7-13-9-11(14)10-17(15)12-5-3-2-4-6-12/h2-6,11,13-14H,7-10H2,1H3. The van der Waals surface area contributed by atoms with Crippen LogP contribution in [0, 0.1) is 0 Å². The van der Waals surface area contributed by atoms with E-state index >= 15 is 0 Å². The molecule has 0 aliphatic heterocycles. The Morgan fingerprint density at radius 1 is 1.41 bits per heavy atom. The van der Waals surface area contributed by atoms with Crippen LogP contribution in [0.4, 0.5) is 0 Å². The largest absolute Gasteiger partial charge is 0.391 e. The molecule has 2 unspecified atom stereocenters. The van der Waals surface area contributed by atoms with Gasteiger partial charge in [0.15, 0.2) is 0 Å². The van der Waals surface area contributed by atoms with Gasteiger partial charge in [-0.05, 0) is 12.1 Å². The first-order valence-corrected chi connectivity index (χ1v) is 6.87. The van der Waals surface area contributed by atoms with Crippen LogP contribution in [-0.2, 0) is 15.5 Å². The molecule has 0 amide bonds. The van der Waals surface area contributed by atoms with E-state index in [2.05, 4.69) is 5.32 Å². The van der Waals surface area contributed by atoms with Crippen LogP contribution in [0.3, 0.4) is 0 Å². The van der Waals surface area contributed by atoms with Crippen LogP contribution in [-0.4, -0.2) is 48.0 Å². The molecule has 0 spiro atoms. The monoisotopic (exact) mass is 257 g/mol. The molecule has 17 heavy (non-hydrogen) atoms. The molecule has 0 saturated carbocycles. The smallest absolute Gasteiger partial charge is 0.0783 e. The molecular formula is C12H19NO3S. The van der Waals surface area contributed by atoms with E-state index < -0.39 is 16.9 Å². The molecule has 0 fully saturated rings. The van der Waals surface area contributed by atoms with Gasteiger partial charge < -0.3 is 15.2 Å². The fourth-order valence-electron chi connectivity index (χ4n) is 1.35. The van der Waals surface area contributed by atoms with Gasteiger partial charge in [0.1, 0.15) is 0 Å². The normalized spacial score (nSPS) is 14.5. The highest BCUT2D eigenvalue weighted by Crippen LogP contribution is 2.06. The van der Waals surface area contributed by atoms with Gasteiger partial charge in [-0.25, -0.2) is 0 Å². The predicted molar refractivity (Wildman–Crippen MR) is 68.5 cm³/mol. The minimum atomic E-state index is -1.14. The molecule has 0 aliphatic carbocycles. The Morgan fingerprint density at radius 2 is 2.12 bits per heavy atom. The van der Waals surface area contributed by atoms with Crippen molar-refractivity contribution in [3.63, 3.8) is 0 Å². The summed E-state index contributed by atoms with van der Waals surface area (Å²) in [6, 6.07) is 9.18. The fraction of sp³-hybridized carbons (Fsp3) is 0.500. The minimum absolute atomic E-state index is 0.254. The maximum Gasteiger partial charge on any atom is 0.0783 e. The van der Waals surface area contributed by atoms with Crippen molar-refractivity contribution < 1.29 is 14.1 Å². The zero-order chi connectivity index (χ0) is 12.5. The molecule has 2 N–H and O–H groups in total.